The average Bonchev–Trinajstić information content (AvgIpc) is 2.26. The summed E-state index contributed by atoms with van der Waals surface area (Å²) in [5.41, 5.74) is -0.178. The van der Waals surface area contributed by atoms with E-state index in [4.69, 9.17) is 33.0 Å². The van der Waals surface area contributed by atoms with Crippen molar-refractivity contribution in [1.82, 2.24) is 0 Å². The molecule has 0 bridgehead atoms. The van der Waals surface area contributed by atoms with Gasteiger partial charge in [-0.2, -0.15) is 0 Å². The lowest BCUT2D eigenvalue weighted by Gasteiger charge is -2.09. The predicted molar refractivity (Wildman–Crippen MR) is 60.9 cm³/mol. The fourth-order valence-electron chi connectivity index (χ4n) is 0.955. The first kappa shape index (κ1) is 13.5. The van der Waals surface area contributed by atoms with Gasteiger partial charge in [-0.05, 0) is 6.07 Å². The molecule has 0 saturated carbocycles. The van der Waals surface area contributed by atoms with E-state index in [0.717, 1.165) is 6.07 Å². The Bertz CT molecular complexity index is 451. The molecule has 0 aliphatic heterocycles. The minimum absolute atomic E-state index is 0.0217. The van der Waals surface area contributed by atoms with Crippen LogP contribution in [-0.2, 0) is 4.79 Å². The summed E-state index contributed by atoms with van der Waals surface area (Å²) in [4.78, 5) is 20.2. The lowest BCUT2D eigenvalue weighted by atomic mass is 10.3. The summed E-state index contributed by atoms with van der Waals surface area (Å²) in [5.74, 6) is -1.08. The van der Waals surface area contributed by atoms with E-state index in [-0.39, 0.29) is 23.1 Å². The average molecular weight is 280 g/mol. The van der Waals surface area contributed by atoms with Crippen molar-refractivity contribution >= 4 is 34.9 Å². The van der Waals surface area contributed by atoms with E-state index in [9.17, 15) is 14.9 Å². The normalized spacial score (nSPS) is 11.9. The van der Waals surface area contributed by atoms with Crippen molar-refractivity contribution in [2.24, 2.45) is 0 Å². The summed E-state index contributed by atoms with van der Waals surface area (Å²) in [7, 11) is 0. The molecule has 1 rings (SSSR count). The topological polar surface area (TPSA) is 89.7 Å². The Balaban J connectivity index is 2.73. The maximum Gasteiger partial charge on any atom is 0.325 e. The third kappa shape index (κ3) is 3.76. The predicted octanol–water partition coefficient (Wildman–Crippen LogP) is 2.32. The van der Waals surface area contributed by atoms with Crippen LogP contribution in [0.4, 0.5) is 5.69 Å². The minimum atomic E-state index is -1.22. The van der Waals surface area contributed by atoms with Gasteiger partial charge in [0.25, 0.3) is 5.69 Å². The molecule has 1 atom stereocenters. The number of nitro groups is 1. The molecule has 0 aromatic heterocycles. The van der Waals surface area contributed by atoms with Crippen LogP contribution in [0.1, 0.15) is 0 Å². The first-order chi connectivity index (χ1) is 7.91. The number of alkyl halides is 1. The fraction of sp³-hybridized carbons (Fsp3) is 0.222. The van der Waals surface area contributed by atoms with Gasteiger partial charge < -0.3 is 9.84 Å². The van der Waals surface area contributed by atoms with Crippen molar-refractivity contribution in [2.45, 2.75) is 5.38 Å². The monoisotopic (exact) mass is 279 g/mol. The molecule has 0 heterocycles. The van der Waals surface area contributed by atoms with Crippen molar-refractivity contribution < 1.29 is 19.6 Å². The molecule has 92 valence electrons. The zero-order chi connectivity index (χ0) is 13.0. The van der Waals surface area contributed by atoms with E-state index in [2.05, 4.69) is 0 Å². The van der Waals surface area contributed by atoms with Gasteiger partial charge >= 0.3 is 5.97 Å². The van der Waals surface area contributed by atoms with Crippen LogP contribution >= 0.6 is 23.2 Å². The molecule has 6 nitrogen and oxygen atoms in total. The van der Waals surface area contributed by atoms with Gasteiger partial charge in [-0.25, -0.2) is 0 Å². The highest BCUT2D eigenvalue weighted by Gasteiger charge is 2.16. The molecule has 0 amide bonds. The molecule has 1 unspecified atom stereocenters. The van der Waals surface area contributed by atoms with Crippen molar-refractivity contribution in [3.8, 4) is 5.75 Å². The number of aliphatic carboxylic acids is 1. The van der Waals surface area contributed by atoms with Crippen LogP contribution in [0.5, 0.6) is 5.75 Å². The van der Waals surface area contributed by atoms with Gasteiger partial charge in [0.15, 0.2) is 5.38 Å². The van der Waals surface area contributed by atoms with Gasteiger partial charge in [-0.3, -0.25) is 14.9 Å². The summed E-state index contributed by atoms with van der Waals surface area (Å²) in [6, 6.07) is 3.60. The van der Waals surface area contributed by atoms with Gasteiger partial charge in [0, 0.05) is 12.1 Å². The number of rotatable bonds is 5. The van der Waals surface area contributed by atoms with Crippen molar-refractivity contribution in [1.29, 1.82) is 0 Å². The van der Waals surface area contributed by atoms with E-state index in [0.29, 0.717) is 0 Å². The number of hydrogen-bond donors (Lipinski definition) is 1. The highest BCUT2D eigenvalue weighted by Crippen LogP contribution is 2.28. The number of carboxylic acids is 1. The molecule has 1 aromatic carbocycles. The number of benzene rings is 1. The number of halogens is 2. The number of ether oxygens (including phenoxy) is 1. The van der Waals surface area contributed by atoms with E-state index in [1.807, 2.05) is 0 Å². The van der Waals surface area contributed by atoms with Gasteiger partial charge in [0.05, 0.1) is 9.95 Å². The summed E-state index contributed by atoms with van der Waals surface area (Å²) < 4.78 is 5.03. The minimum Gasteiger partial charge on any atom is -0.490 e. The molecule has 17 heavy (non-hydrogen) atoms. The second-order valence-electron chi connectivity index (χ2n) is 2.99. The Labute approximate surface area is 106 Å². The standard InChI is InChI=1S/C9H7Cl2NO5/c10-6-3-5(12(15)16)1-2-8(6)17-4-7(11)9(13)14/h1-3,7H,4H2,(H,13,14). The Hall–Kier alpha value is -1.53. The number of nitro benzene ring substituents is 1. The largest absolute Gasteiger partial charge is 0.490 e. The lowest BCUT2D eigenvalue weighted by molar-refractivity contribution is -0.384. The summed E-state index contributed by atoms with van der Waals surface area (Å²) in [6.07, 6.45) is 0. The van der Waals surface area contributed by atoms with E-state index in [1.54, 1.807) is 0 Å². The van der Waals surface area contributed by atoms with Crippen molar-refractivity contribution in [3.63, 3.8) is 0 Å². The van der Waals surface area contributed by atoms with E-state index < -0.39 is 16.3 Å². The van der Waals surface area contributed by atoms with Crippen LogP contribution in [-0.4, -0.2) is 28.0 Å². The van der Waals surface area contributed by atoms with Crippen LogP contribution in [0, 0.1) is 10.1 Å². The number of carbonyl (C=O) groups is 1. The third-order valence-electron chi connectivity index (χ3n) is 1.78. The van der Waals surface area contributed by atoms with Crippen LogP contribution < -0.4 is 4.74 Å². The molecule has 1 N–H and O–H groups in total. The van der Waals surface area contributed by atoms with Crippen LogP contribution in [0.2, 0.25) is 5.02 Å². The zero-order valence-corrected chi connectivity index (χ0v) is 9.81. The molecule has 0 radical (unpaired) electrons. The quantitative estimate of drug-likeness (QED) is 0.507. The number of hydrogen-bond acceptors (Lipinski definition) is 4. The molecular formula is C9H7Cl2NO5. The molecule has 0 aliphatic rings. The summed E-state index contributed by atoms with van der Waals surface area (Å²) in [6.45, 7) is -0.283. The Morgan fingerprint density at radius 1 is 1.59 bits per heavy atom. The highest BCUT2D eigenvalue weighted by atomic mass is 35.5. The first-order valence-corrected chi connectivity index (χ1v) is 5.17. The van der Waals surface area contributed by atoms with Crippen LogP contribution in [0.3, 0.4) is 0 Å². The molecule has 8 heteroatoms. The number of nitrogens with zero attached hydrogens (tertiary/aromatic N) is 1. The second kappa shape index (κ2) is 5.70. The van der Waals surface area contributed by atoms with Crippen molar-refractivity contribution in [3.05, 3.63) is 33.3 Å². The number of carboxylic acid groups (broad SMARTS) is 1. The summed E-state index contributed by atoms with van der Waals surface area (Å²) >= 11 is 11.1. The Morgan fingerprint density at radius 3 is 2.71 bits per heavy atom. The van der Waals surface area contributed by atoms with Gasteiger partial charge in [0.1, 0.15) is 12.4 Å². The smallest absolute Gasteiger partial charge is 0.325 e. The maximum atomic E-state index is 10.4. The van der Waals surface area contributed by atoms with Gasteiger partial charge in [0.2, 0.25) is 0 Å². The fourth-order valence-corrected chi connectivity index (χ4v) is 1.25. The first-order valence-electron chi connectivity index (χ1n) is 4.35. The lowest BCUT2D eigenvalue weighted by Crippen LogP contribution is -2.21. The van der Waals surface area contributed by atoms with E-state index >= 15 is 0 Å². The SMILES string of the molecule is O=C(O)C(Cl)COc1ccc([N+](=O)[O-])cc1Cl. The molecule has 0 saturated heterocycles. The molecule has 0 spiro atoms. The Kier molecular flexibility index (Phi) is 4.53. The molecule has 1 aromatic rings. The van der Waals surface area contributed by atoms with Gasteiger partial charge in [-0.1, -0.05) is 11.6 Å². The highest BCUT2D eigenvalue weighted by molar-refractivity contribution is 6.32. The van der Waals surface area contributed by atoms with Crippen LogP contribution in [0.25, 0.3) is 0 Å². The summed E-state index contributed by atoms with van der Waals surface area (Å²) in [5, 5.41) is 17.8. The molecule has 0 aliphatic carbocycles. The molecular weight excluding hydrogens is 273 g/mol. The van der Waals surface area contributed by atoms with Crippen molar-refractivity contribution in [2.75, 3.05) is 6.61 Å². The van der Waals surface area contributed by atoms with Gasteiger partial charge in [-0.15, -0.1) is 11.6 Å². The zero-order valence-electron chi connectivity index (χ0n) is 8.30. The second-order valence-corrected chi connectivity index (χ2v) is 3.92. The Morgan fingerprint density at radius 2 is 2.24 bits per heavy atom. The number of non-ortho nitro benzene ring substituents is 1. The van der Waals surface area contributed by atoms with E-state index in [1.165, 1.54) is 12.1 Å². The van der Waals surface area contributed by atoms with Crippen LogP contribution in [0.15, 0.2) is 18.2 Å². The molecule has 0 fully saturated rings. The maximum absolute atomic E-state index is 10.4. The third-order valence-corrected chi connectivity index (χ3v) is 2.39.